The molecule has 9 heavy (non-hydrogen) atoms. The van der Waals surface area contributed by atoms with Crippen molar-refractivity contribution in [3.63, 3.8) is 0 Å². The van der Waals surface area contributed by atoms with Crippen LogP contribution >= 0.6 is 74.9 Å². The van der Waals surface area contributed by atoms with Crippen molar-refractivity contribution in [2.45, 2.75) is 0 Å². The number of rotatable bonds is 0. The number of halogens is 4. The van der Waals surface area contributed by atoms with Gasteiger partial charge in [0, 0.05) is 0 Å². The molecule has 0 heterocycles. The van der Waals surface area contributed by atoms with E-state index >= 15 is 0 Å². The summed E-state index contributed by atoms with van der Waals surface area (Å²) in [5.41, 5.74) is 0. The predicted octanol–water partition coefficient (Wildman–Crippen LogP) is -0.349. The van der Waals surface area contributed by atoms with E-state index in [1.54, 1.807) is 0 Å². The zero-order chi connectivity index (χ0) is 3.58. The SMILES string of the molecule is Br.Br.Br.I.OB(O)O.[LiH]. The van der Waals surface area contributed by atoms with Gasteiger partial charge in [-0.15, -0.1) is 74.9 Å². The van der Waals surface area contributed by atoms with Crippen LogP contribution in [0.5, 0.6) is 0 Å². The summed E-state index contributed by atoms with van der Waals surface area (Å²) in [6, 6.07) is 0. The molecular formula is H8BBr3ILiO3. The van der Waals surface area contributed by atoms with Gasteiger partial charge in [-0.3, -0.25) is 0 Å². The fraction of sp³-hybridized carbons (Fsp3) is 0. The number of hydrogen-bond donors (Lipinski definition) is 3. The Morgan fingerprint density at radius 1 is 0.778 bits per heavy atom. The van der Waals surface area contributed by atoms with Gasteiger partial charge in [-0.25, -0.2) is 0 Å². The molecule has 0 spiro atoms. The molecular weight excluding hydrogens is 432 g/mol. The molecule has 3 nitrogen and oxygen atoms in total. The molecule has 0 saturated carbocycles. The molecule has 0 unspecified atom stereocenters. The third-order valence-corrected chi connectivity index (χ3v) is 0. The maximum atomic E-state index is 7.17. The van der Waals surface area contributed by atoms with Crippen LogP contribution in [0.25, 0.3) is 0 Å². The first-order chi connectivity index (χ1) is 1.73. The first-order valence-corrected chi connectivity index (χ1v) is 0.775. The van der Waals surface area contributed by atoms with Crippen molar-refractivity contribution in [3.8, 4) is 0 Å². The molecule has 9 heteroatoms. The van der Waals surface area contributed by atoms with E-state index in [1.165, 1.54) is 0 Å². The monoisotopic (exact) mass is 438 g/mol. The van der Waals surface area contributed by atoms with Gasteiger partial charge in [-0.05, 0) is 0 Å². The minimum atomic E-state index is -2.17. The molecule has 0 amide bonds. The van der Waals surface area contributed by atoms with Crippen LogP contribution in [0.1, 0.15) is 0 Å². The molecule has 0 radical (unpaired) electrons. The first kappa shape index (κ1) is 41.2. The molecule has 0 aliphatic rings. The second kappa shape index (κ2) is 31.0. The summed E-state index contributed by atoms with van der Waals surface area (Å²) in [6.07, 6.45) is 0. The molecule has 0 aromatic carbocycles. The van der Waals surface area contributed by atoms with E-state index < -0.39 is 7.32 Å². The predicted molar refractivity (Wildman–Crippen MR) is 65.9 cm³/mol. The van der Waals surface area contributed by atoms with Crippen LogP contribution in [-0.4, -0.2) is 41.3 Å². The summed E-state index contributed by atoms with van der Waals surface area (Å²) in [5.74, 6) is 0. The van der Waals surface area contributed by atoms with E-state index in [9.17, 15) is 0 Å². The van der Waals surface area contributed by atoms with Gasteiger partial charge in [-0.2, -0.15) is 0 Å². The normalized spacial score (nSPS) is 3.00. The summed E-state index contributed by atoms with van der Waals surface area (Å²) < 4.78 is 0. The van der Waals surface area contributed by atoms with Crippen molar-refractivity contribution in [3.05, 3.63) is 0 Å². The summed E-state index contributed by atoms with van der Waals surface area (Å²) >= 11 is 0. The molecule has 0 aliphatic carbocycles. The average Bonchev–Trinajstić information content (AvgIpc) is 0.811. The standard InChI is InChI=1S/BH3O3.3BrH.HI.Li.H/c2-1(3)4;;;;;;/h2-4H;4*1H;;. The molecule has 0 aromatic rings. The van der Waals surface area contributed by atoms with Crippen LogP contribution in [0.3, 0.4) is 0 Å². The van der Waals surface area contributed by atoms with E-state index in [2.05, 4.69) is 0 Å². The third-order valence-electron chi connectivity index (χ3n) is 0. The summed E-state index contributed by atoms with van der Waals surface area (Å²) in [7, 11) is -2.17. The Kier molecular flexibility index (Phi) is 142. The Hall–Kier alpha value is 2.71. The summed E-state index contributed by atoms with van der Waals surface area (Å²) in [4.78, 5) is 0. The van der Waals surface area contributed by atoms with E-state index in [-0.39, 0.29) is 93.8 Å². The zero-order valence-electron chi connectivity index (χ0n) is 3.55. The fourth-order valence-electron chi connectivity index (χ4n) is 0. The van der Waals surface area contributed by atoms with Crippen molar-refractivity contribution in [1.82, 2.24) is 0 Å². The van der Waals surface area contributed by atoms with Gasteiger partial charge in [0.05, 0.1) is 0 Å². The van der Waals surface area contributed by atoms with E-state index in [4.69, 9.17) is 15.1 Å². The van der Waals surface area contributed by atoms with Crippen molar-refractivity contribution >= 4 is 101 Å². The van der Waals surface area contributed by atoms with E-state index in [0.29, 0.717) is 0 Å². The topological polar surface area (TPSA) is 60.7 Å². The third kappa shape index (κ3) is 111. The van der Waals surface area contributed by atoms with Gasteiger partial charge in [0.15, 0.2) is 0 Å². The van der Waals surface area contributed by atoms with Crippen LogP contribution in [0.15, 0.2) is 0 Å². The van der Waals surface area contributed by atoms with E-state index in [1.807, 2.05) is 0 Å². The Morgan fingerprint density at radius 3 is 0.778 bits per heavy atom. The van der Waals surface area contributed by atoms with Gasteiger partial charge in [0.1, 0.15) is 0 Å². The minimum absolute atomic E-state index is 0. The molecule has 0 bridgehead atoms. The van der Waals surface area contributed by atoms with E-state index in [0.717, 1.165) is 0 Å². The summed E-state index contributed by atoms with van der Waals surface area (Å²) in [6.45, 7) is 0. The molecule has 0 saturated heterocycles. The molecule has 0 rings (SSSR count). The Balaban J connectivity index is -0.00000000450. The van der Waals surface area contributed by atoms with Gasteiger partial charge < -0.3 is 15.1 Å². The van der Waals surface area contributed by atoms with Gasteiger partial charge >= 0.3 is 26.2 Å². The second-order valence-electron chi connectivity index (χ2n) is 0.346. The Labute approximate surface area is 115 Å². The van der Waals surface area contributed by atoms with Gasteiger partial charge in [0.25, 0.3) is 0 Å². The molecule has 0 aromatic heterocycles. The molecule has 3 N–H and O–H groups in total. The van der Waals surface area contributed by atoms with Crippen molar-refractivity contribution in [1.29, 1.82) is 0 Å². The number of hydrogen-bond acceptors (Lipinski definition) is 3. The van der Waals surface area contributed by atoms with Crippen LogP contribution in [-0.2, 0) is 0 Å². The zero-order valence-corrected chi connectivity index (χ0v) is 11.0. The van der Waals surface area contributed by atoms with Gasteiger partial charge in [0.2, 0.25) is 0 Å². The molecule has 58 valence electrons. The quantitative estimate of drug-likeness (QED) is 0.357. The molecule has 0 atom stereocenters. The maximum absolute atomic E-state index is 7.17. The summed E-state index contributed by atoms with van der Waals surface area (Å²) in [5, 5.41) is 21.5. The van der Waals surface area contributed by atoms with Crippen molar-refractivity contribution in [2.75, 3.05) is 0 Å². The molecule has 0 fully saturated rings. The fourth-order valence-corrected chi connectivity index (χ4v) is 0. The van der Waals surface area contributed by atoms with Crippen LogP contribution in [0, 0.1) is 0 Å². The van der Waals surface area contributed by atoms with Crippen molar-refractivity contribution in [2.24, 2.45) is 0 Å². The Morgan fingerprint density at radius 2 is 0.778 bits per heavy atom. The first-order valence-electron chi connectivity index (χ1n) is 0.775. The van der Waals surface area contributed by atoms with Crippen LogP contribution in [0.4, 0.5) is 0 Å². The van der Waals surface area contributed by atoms with Crippen molar-refractivity contribution < 1.29 is 15.1 Å². The van der Waals surface area contributed by atoms with Crippen LogP contribution < -0.4 is 0 Å². The second-order valence-corrected chi connectivity index (χ2v) is 0.346. The molecule has 0 aliphatic heterocycles. The van der Waals surface area contributed by atoms with Gasteiger partial charge in [-0.1, -0.05) is 0 Å². The Bertz CT molecular complexity index is 23.8. The van der Waals surface area contributed by atoms with Crippen LogP contribution in [0.2, 0.25) is 0 Å². The average molecular weight is 440 g/mol.